The second-order valence-electron chi connectivity index (χ2n) is 6.49. The van der Waals surface area contributed by atoms with Gasteiger partial charge in [0.15, 0.2) is 5.82 Å². The molecule has 1 aromatic heterocycles. The number of para-hydroxylation sites is 1. The van der Waals surface area contributed by atoms with Crippen molar-refractivity contribution in [1.29, 1.82) is 0 Å². The van der Waals surface area contributed by atoms with E-state index in [2.05, 4.69) is 5.10 Å². The van der Waals surface area contributed by atoms with E-state index in [0.29, 0.717) is 22.2 Å². The number of aryl methyl sites for hydroxylation is 2. The summed E-state index contributed by atoms with van der Waals surface area (Å²) in [5.41, 5.74) is 4.14. The fourth-order valence-electron chi connectivity index (χ4n) is 2.95. The maximum atomic E-state index is 13.2. The van der Waals surface area contributed by atoms with Crippen LogP contribution in [0.25, 0.3) is 22.8 Å². The molecule has 0 aliphatic heterocycles. The van der Waals surface area contributed by atoms with Gasteiger partial charge in [0.25, 0.3) is 0 Å². The van der Waals surface area contributed by atoms with Crippen molar-refractivity contribution in [2.24, 2.45) is 0 Å². The minimum absolute atomic E-state index is 0.239. The van der Waals surface area contributed by atoms with Gasteiger partial charge >= 0.3 is 5.69 Å². The van der Waals surface area contributed by atoms with Crippen LogP contribution in [0.4, 0.5) is 0 Å². The van der Waals surface area contributed by atoms with Crippen molar-refractivity contribution in [3.8, 4) is 22.8 Å². The van der Waals surface area contributed by atoms with Crippen molar-refractivity contribution >= 4 is 11.6 Å². The molecule has 0 fully saturated rings. The Kier molecular flexibility index (Phi) is 4.42. The Balaban J connectivity index is 2.00. The molecular weight excluding hydrogens is 358 g/mol. The van der Waals surface area contributed by atoms with Crippen LogP contribution in [-0.2, 0) is 0 Å². The van der Waals surface area contributed by atoms with Crippen LogP contribution in [0.2, 0.25) is 5.02 Å². The van der Waals surface area contributed by atoms with Crippen LogP contribution in [0.3, 0.4) is 0 Å². The number of hydrogen-bond acceptors (Lipinski definition) is 2. The van der Waals surface area contributed by atoms with Gasteiger partial charge in [-0.15, -0.1) is 5.10 Å². The Hall–Kier alpha value is -3.11. The Morgan fingerprint density at radius 2 is 1.56 bits per heavy atom. The van der Waals surface area contributed by atoms with Crippen molar-refractivity contribution in [2.75, 3.05) is 0 Å². The lowest BCUT2D eigenvalue weighted by Crippen LogP contribution is -2.22. The summed E-state index contributed by atoms with van der Waals surface area (Å²) in [5.74, 6) is 0.573. The fraction of sp³-hybridized carbons (Fsp3) is 0.0909. The van der Waals surface area contributed by atoms with Gasteiger partial charge in [0.2, 0.25) is 0 Å². The van der Waals surface area contributed by atoms with E-state index in [0.717, 1.165) is 16.7 Å². The molecule has 0 amide bonds. The minimum atomic E-state index is -0.239. The van der Waals surface area contributed by atoms with Crippen LogP contribution >= 0.6 is 11.6 Å². The maximum absolute atomic E-state index is 13.2. The summed E-state index contributed by atoms with van der Waals surface area (Å²) in [6, 6.07) is 22.9. The average Bonchev–Trinajstić information content (AvgIpc) is 3.02. The molecule has 4 rings (SSSR count). The molecule has 0 saturated carbocycles. The number of aromatic nitrogens is 3. The van der Waals surface area contributed by atoms with E-state index in [-0.39, 0.29) is 5.69 Å². The normalized spacial score (nSPS) is 10.9. The highest BCUT2D eigenvalue weighted by molar-refractivity contribution is 6.31. The molecule has 0 atom stereocenters. The van der Waals surface area contributed by atoms with Crippen molar-refractivity contribution in [2.45, 2.75) is 13.8 Å². The topological polar surface area (TPSA) is 39.8 Å². The van der Waals surface area contributed by atoms with Crippen molar-refractivity contribution < 1.29 is 0 Å². The maximum Gasteiger partial charge on any atom is 0.355 e. The summed E-state index contributed by atoms with van der Waals surface area (Å²) in [6.07, 6.45) is 0. The molecule has 1 heterocycles. The van der Waals surface area contributed by atoms with E-state index >= 15 is 0 Å². The molecule has 3 aromatic carbocycles. The summed E-state index contributed by atoms with van der Waals surface area (Å²) in [6.45, 7) is 3.96. The average molecular weight is 376 g/mol. The second-order valence-corrected chi connectivity index (χ2v) is 6.90. The Bertz CT molecular complexity index is 1160. The lowest BCUT2D eigenvalue weighted by molar-refractivity contribution is 0.830. The number of halogens is 1. The second kappa shape index (κ2) is 6.89. The highest BCUT2D eigenvalue weighted by Gasteiger charge is 2.18. The zero-order valence-electron chi connectivity index (χ0n) is 15.1. The molecule has 27 heavy (non-hydrogen) atoms. The molecule has 0 spiro atoms. The molecule has 0 unspecified atom stereocenters. The number of benzene rings is 3. The summed E-state index contributed by atoms with van der Waals surface area (Å²) in [5, 5.41) is 5.25. The number of hydrogen-bond donors (Lipinski definition) is 0. The van der Waals surface area contributed by atoms with E-state index < -0.39 is 0 Å². The van der Waals surface area contributed by atoms with Gasteiger partial charge in [0, 0.05) is 10.6 Å². The third-order valence-corrected chi connectivity index (χ3v) is 4.91. The summed E-state index contributed by atoms with van der Waals surface area (Å²) in [7, 11) is 0. The van der Waals surface area contributed by atoms with E-state index in [1.54, 1.807) is 10.6 Å². The molecule has 5 heteroatoms. The molecular formula is C22H18ClN3O. The first kappa shape index (κ1) is 17.3. The molecule has 0 bridgehead atoms. The molecule has 4 aromatic rings. The number of rotatable bonds is 3. The first-order valence-corrected chi connectivity index (χ1v) is 9.03. The third kappa shape index (κ3) is 3.20. The fourth-order valence-corrected chi connectivity index (χ4v) is 3.12. The molecule has 0 saturated heterocycles. The van der Waals surface area contributed by atoms with Crippen molar-refractivity contribution in [3.05, 3.63) is 99.4 Å². The van der Waals surface area contributed by atoms with Crippen LogP contribution in [0.1, 0.15) is 11.1 Å². The smallest absolute Gasteiger partial charge is 0.245 e. The highest BCUT2D eigenvalue weighted by atomic mass is 35.5. The van der Waals surface area contributed by atoms with Crippen molar-refractivity contribution in [1.82, 2.24) is 14.3 Å². The predicted molar refractivity (Wildman–Crippen MR) is 109 cm³/mol. The lowest BCUT2D eigenvalue weighted by atomic mass is 10.1. The van der Waals surface area contributed by atoms with Crippen molar-refractivity contribution in [3.63, 3.8) is 0 Å². The SMILES string of the molecule is Cc1ccc(-c2nn(-c3ccccc3)c(=O)n2-c2ccc(C)c(Cl)c2)cc1. The van der Waals surface area contributed by atoms with Gasteiger partial charge in [-0.3, -0.25) is 0 Å². The lowest BCUT2D eigenvalue weighted by Gasteiger charge is -2.07. The quantitative estimate of drug-likeness (QED) is 0.507. The third-order valence-electron chi connectivity index (χ3n) is 4.50. The summed E-state index contributed by atoms with van der Waals surface area (Å²) in [4.78, 5) is 13.2. The van der Waals surface area contributed by atoms with Gasteiger partial charge in [-0.2, -0.15) is 4.68 Å². The van der Waals surface area contributed by atoms with Crippen LogP contribution in [-0.4, -0.2) is 14.3 Å². The summed E-state index contributed by atoms with van der Waals surface area (Å²) < 4.78 is 3.02. The molecule has 4 nitrogen and oxygen atoms in total. The van der Waals surface area contributed by atoms with Gasteiger partial charge in [-0.05, 0) is 43.7 Å². The van der Waals surface area contributed by atoms with Gasteiger partial charge < -0.3 is 0 Å². The monoisotopic (exact) mass is 375 g/mol. The standard InChI is InChI=1S/C22H18ClN3O/c1-15-8-11-17(12-9-15)21-24-26(18-6-4-3-5-7-18)22(27)25(21)19-13-10-16(2)20(23)14-19/h3-14H,1-2H3. The first-order valence-electron chi connectivity index (χ1n) is 8.65. The van der Waals surface area contributed by atoms with Gasteiger partial charge in [-0.1, -0.05) is 65.7 Å². The molecule has 134 valence electrons. The van der Waals surface area contributed by atoms with E-state index in [4.69, 9.17) is 11.6 Å². The Morgan fingerprint density at radius 1 is 0.852 bits per heavy atom. The summed E-state index contributed by atoms with van der Waals surface area (Å²) >= 11 is 6.32. The Morgan fingerprint density at radius 3 is 2.22 bits per heavy atom. The molecule has 0 radical (unpaired) electrons. The largest absolute Gasteiger partial charge is 0.355 e. The first-order chi connectivity index (χ1) is 13.0. The zero-order valence-corrected chi connectivity index (χ0v) is 15.8. The van der Waals surface area contributed by atoms with E-state index in [9.17, 15) is 4.79 Å². The van der Waals surface area contributed by atoms with Crippen LogP contribution in [0.15, 0.2) is 77.6 Å². The Labute approximate surface area is 162 Å². The molecule has 0 aliphatic rings. The van der Waals surface area contributed by atoms with Crippen LogP contribution < -0.4 is 5.69 Å². The number of nitrogens with zero attached hydrogens (tertiary/aromatic N) is 3. The van der Waals surface area contributed by atoms with E-state index in [1.165, 1.54) is 4.68 Å². The molecule has 0 aliphatic carbocycles. The highest BCUT2D eigenvalue weighted by Crippen LogP contribution is 2.24. The molecule has 0 N–H and O–H groups in total. The zero-order chi connectivity index (χ0) is 19.0. The van der Waals surface area contributed by atoms with Gasteiger partial charge in [0.05, 0.1) is 11.4 Å². The predicted octanol–water partition coefficient (Wildman–Crippen LogP) is 4.96. The minimum Gasteiger partial charge on any atom is -0.245 e. The van der Waals surface area contributed by atoms with Gasteiger partial charge in [-0.25, -0.2) is 9.36 Å². The van der Waals surface area contributed by atoms with Crippen LogP contribution in [0.5, 0.6) is 0 Å². The van der Waals surface area contributed by atoms with Crippen LogP contribution in [0, 0.1) is 13.8 Å². The van der Waals surface area contributed by atoms with E-state index in [1.807, 2.05) is 80.6 Å². The van der Waals surface area contributed by atoms with Gasteiger partial charge in [0.1, 0.15) is 0 Å².